The van der Waals surface area contributed by atoms with Gasteiger partial charge in [-0.3, -0.25) is 4.79 Å². The molecule has 2 unspecified atom stereocenters. The molecule has 2 saturated heterocycles. The lowest BCUT2D eigenvalue weighted by Crippen LogP contribution is -2.63. The lowest BCUT2D eigenvalue weighted by molar-refractivity contribution is -0.173. The molecule has 0 aromatic heterocycles. The number of aliphatic hydroxyl groups excluding tert-OH is 1. The topological polar surface area (TPSA) is 138 Å². The zero-order valence-corrected chi connectivity index (χ0v) is 21.1. The van der Waals surface area contributed by atoms with Gasteiger partial charge in [0.05, 0.1) is 24.2 Å². The SMILES string of the molecule is CC(OC(=O)OC1=CCCCC1)OC(=O)C1=C(S[C@@H]2CCO[C@@H]2CN)[C@H](C)C2[C@@H]([C@@H](C)O)C(=O)N12. The molecule has 0 saturated carbocycles. The third-order valence-electron chi connectivity index (χ3n) is 6.96. The van der Waals surface area contributed by atoms with Crippen molar-refractivity contribution < 1.29 is 38.4 Å². The maximum absolute atomic E-state index is 13.3. The number of hydrogen-bond acceptors (Lipinski definition) is 10. The van der Waals surface area contributed by atoms with Gasteiger partial charge in [0, 0.05) is 42.6 Å². The van der Waals surface area contributed by atoms with Gasteiger partial charge in [-0.15, -0.1) is 11.8 Å². The van der Waals surface area contributed by atoms with Gasteiger partial charge in [-0.05, 0) is 38.7 Å². The molecule has 0 bridgehead atoms. The maximum atomic E-state index is 13.3. The van der Waals surface area contributed by atoms with E-state index in [0.717, 1.165) is 25.7 Å². The molecule has 0 radical (unpaired) electrons. The first-order valence-electron chi connectivity index (χ1n) is 12.2. The highest BCUT2D eigenvalue weighted by atomic mass is 32.2. The highest BCUT2D eigenvalue weighted by Gasteiger charge is 2.60. The first kappa shape index (κ1) is 26.0. The second kappa shape index (κ2) is 10.9. The average molecular weight is 511 g/mol. The number of fused-ring (bicyclic) bond motifs is 1. The predicted octanol–water partition coefficient (Wildman–Crippen LogP) is 2.41. The monoisotopic (exact) mass is 510 g/mol. The molecule has 7 atom stereocenters. The fourth-order valence-corrected chi connectivity index (χ4v) is 6.74. The number of carbonyl (C=O) groups excluding carboxylic acids is 3. The van der Waals surface area contributed by atoms with E-state index in [-0.39, 0.29) is 34.9 Å². The summed E-state index contributed by atoms with van der Waals surface area (Å²) in [4.78, 5) is 40.4. The minimum Gasteiger partial charge on any atom is -0.421 e. The quantitative estimate of drug-likeness (QED) is 0.284. The van der Waals surface area contributed by atoms with Gasteiger partial charge in [-0.2, -0.15) is 0 Å². The van der Waals surface area contributed by atoms with E-state index in [2.05, 4.69) is 0 Å². The number of carbonyl (C=O) groups is 3. The minimum atomic E-state index is -1.22. The molecule has 3 N–H and O–H groups in total. The number of amides is 1. The van der Waals surface area contributed by atoms with Crippen LogP contribution < -0.4 is 5.73 Å². The zero-order chi connectivity index (χ0) is 25.3. The molecular weight excluding hydrogens is 476 g/mol. The molecule has 3 aliphatic heterocycles. The van der Waals surface area contributed by atoms with Gasteiger partial charge >= 0.3 is 12.1 Å². The maximum Gasteiger partial charge on any atom is 0.516 e. The smallest absolute Gasteiger partial charge is 0.421 e. The van der Waals surface area contributed by atoms with Crippen LogP contribution in [0.3, 0.4) is 0 Å². The van der Waals surface area contributed by atoms with E-state index in [0.29, 0.717) is 30.2 Å². The van der Waals surface area contributed by atoms with Gasteiger partial charge in [0.2, 0.25) is 12.2 Å². The van der Waals surface area contributed by atoms with Crippen molar-refractivity contribution in [1.82, 2.24) is 4.90 Å². The van der Waals surface area contributed by atoms with Gasteiger partial charge in [-0.25, -0.2) is 9.59 Å². The highest BCUT2D eigenvalue weighted by molar-refractivity contribution is 8.03. The van der Waals surface area contributed by atoms with Crippen molar-refractivity contribution in [1.29, 1.82) is 0 Å². The molecule has 3 heterocycles. The fraction of sp³-hybridized carbons (Fsp3) is 0.708. The summed E-state index contributed by atoms with van der Waals surface area (Å²) in [6.45, 7) is 5.86. The molecule has 1 amide bonds. The number of ether oxygens (including phenoxy) is 4. The summed E-state index contributed by atoms with van der Waals surface area (Å²) in [5.41, 5.74) is 5.98. The Bertz CT molecular complexity index is 919. The molecule has 0 spiro atoms. The summed E-state index contributed by atoms with van der Waals surface area (Å²) in [5.74, 6) is -1.31. The van der Waals surface area contributed by atoms with E-state index >= 15 is 0 Å². The molecular formula is C24H34N2O8S. The summed E-state index contributed by atoms with van der Waals surface area (Å²) < 4.78 is 21.4. The lowest BCUT2D eigenvalue weighted by Gasteiger charge is -2.46. The standard InChI is InChI=1S/C24H34N2O8S/c1-12-19-18(13(2)27)22(28)26(19)20(21(12)35-17-9-10-31-16(17)11-25)23(29)32-14(3)33-24(30)34-15-7-5-4-6-8-15/h7,12-14,16-19,27H,4-6,8-11,25H2,1-3H3/t12-,13-,14?,16-,17-,18-,19?/m1/s1. The predicted molar refractivity (Wildman–Crippen MR) is 126 cm³/mol. The largest absolute Gasteiger partial charge is 0.516 e. The molecule has 11 heteroatoms. The van der Waals surface area contributed by atoms with Crippen LogP contribution >= 0.6 is 11.8 Å². The van der Waals surface area contributed by atoms with Crippen LogP contribution in [0.4, 0.5) is 4.79 Å². The number of nitrogens with zero attached hydrogens (tertiary/aromatic N) is 1. The van der Waals surface area contributed by atoms with Gasteiger partial charge in [0.15, 0.2) is 0 Å². The van der Waals surface area contributed by atoms with Crippen LogP contribution in [0.5, 0.6) is 0 Å². The molecule has 1 aliphatic carbocycles. The lowest BCUT2D eigenvalue weighted by atomic mass is 9.79. The Hall–Kier alpha value is -2.08. The highest BCUT2D eigenvalue weighted by Crippen LogP contribution is 2.52. The van der Waals surface area contributed by atoms with Crippen LogP contribution in [0.1, 0.15) is 52.9 Å². The third kappa shape index (κ3) is 5.23. The van der Waals surface area contributed by atoms with Gasteiger partial charge in [0.1, 0.15) is 11.5 Å². The average Bonchev–Trinajstić information content (AvgIpc) is 3.35. The summed E-state index contributed by atoms with van der Waals surface area (Å²) in [5, 5.41) is 10.2. The summed E-state index contributed by atoms with van der Waals surface area (Å²) >= 11 is 1.48. The van der Waals surface area contributed by atoms with Crippen LogP contribution in [0.15, 0.2) is 22.4 Å². The number of hydrogen-bond donors (Lipinski definition) is 2. The number of rotatable bonds is 8. The van der Waals surface area contributed by atoms with E-state index in [1.54, 1.807) is 6.92 Å². The Balaban J connectivity index is 1.48. The van der Waals surface area contributed by atoms with Crippen LogP contribution in [-0.2, 0) is 28.5 Å². The van der Waals surface area contributed by atoms with Crippen molar-refractivity contribution >= 4 is 29.8 Å². The second-order valence-corrected chi connectivity index (χ2v) is 10.7. The van der Waals surface area contributed by atoms with Gasteiger partial charge < -0.3 is 34.7 Å². The van der Waals surface area contributed by atoms with Gasteiger partial charge in [0.25, 0.3) is 0 Å². The van der Waals surface area contributed by atoms with E-state index in [1.807, 2.05) is 13.0 Å². The Morgan fingerprint density at radius 3 is 2.74 bits per heavy atom. The Labute approximate surface area is 209 Å². The first-order valence-corrected chi connectivity index (χ1v) is 13.1. The molecule has 10 nitrogen and oxygen atoms in total. The number of thioether (sulfide) groups is 1. The van der Waals surface area contributed by atoms with Crippen LogP contribution in [0.2, 0.25) is 0 Å². The van der Waals surface area contributed by atoms with E-state index < -0.39 is 30.4 Å². The molecule has 0 aromatic rings. The second-order valence-electron chi connectivity index (χ2n) is 9.42. The summed E-state index contributed by atoms with van der Waals surface area (Å²) in [7, 11) is 0. The molecule has 2 fully saturated rings. The Morgan fingerprint density at radius 1 is 1.31 bits per heavy atom. The van der Waals surface area contributed by atoms with Crippen molar-refractivity contribution in [2.45, 2.75) is 82.7 Å². The summed E-state index contributed by atoms with van der Waals surface area (Å²) in [6, 6.07) is -0.342. The van der Waals surface area contributed by atoms with E-state index in [4.69, 9.17) is 24.7 Å². The van der Waals surface area contributed by atoms with Crippen molar-refractivity contribution in [3.05, 3.63) is 22.4 Å². The van der Waals surface area contributed by atoms with Crippen LogP contribution in [-0.4, -0.2) is 71.0 Å². The normalized spacial score (nSPS) is 31.9. The van der Waals surface area contributed by atoms with Gasteiger partial charge in [-0.1, -0.05) is 6.92 Å². The minimum absolute atomic E-state index is 0.0338. The van der Waals surface area contributed by atoms with Crippen molar-refractivity contribution in [2.75, 3.05) is 13.2 Å². The van der Waals surface area contributed by atoms with Crippen LogP contribution in [0.25, 0.3) is 0 Å². The van der Waals surface area contributed by atoms with E-state index in [1.165, 1.54) is 23.6 Å². The molecule has 4 rings (SSSR count). The number of esters is 1. The molecule has 0 aromatic carbocycles. The molecule has 4 aliphatic rings. The Morgan fingerprint density at radius 2 is 2.09 bits per heavy atom. The zero-order valence-electron chi connectivity index (χ0n) is 20.3. The third-order valence-corrected chi connectivity index (χ3v) is 8.62. The molecule has 35 heavy (non-hydrogen) atoms. The number of β-lactam (4-membered cyclic amide) rings is 1. The van der Waals surface area contributed by atoms with E-state index in [9.17, 15) is 19.5 Å². The van der Waals surface area contributed by atoms with Crippen LogP contribution in [0, 0.1) is 11.8 Å². The Kier molecular flexibility index (Phi) is 8.09. The molecule has 194 valence electrons. The fourth-order valence-electron chi connectivity index (χ4n) is 5.21. The van der Waals surface area contributed by atoms with Crippen molar-refractivity contribution in [2.24, 2.45) is 17.6 Å². The number of allylic oxidation sites excluding steroid dienone is 2. The number of aliphatic hydroxyl groups is 1. The first-order chi connectivity index (χ1) is 16.7. The van der Waals surface area contributed by atoms with Crippen molar-refractivity contribution in [3.8, 4) is 0 Å². The van der Waals surface area contributed by atoms with Crippen molar-refractivity contribution in [3.63, 3.8) is 0 Å². The summed E-state index contributed by atoms with van der Waals surface area (Å²) in [6.07, 6.45) is 2.95. The number of nitrogens with two attached hydrogens (primary N) is 1.